The second kappa shape index (κ2) is 6.90. The number of carbonyl (C=O) groups is 1. The van der Waals surface area contributed by atoms with Gasteiger partial charge in [-0.1, -0.05) is 34.4 Å². The normalized spacial score (nSPS) is 10.9. The Morgan fingerprint density at radius 2 is 2.04 bits per heavy atom. The van der Waals surface area contributed by atoms with Crippen LogP contribution in [0.25, 0.3) is 0 Å². The molecule has 25 heavy (non-hydrogen) atoms. The predicted octanol–water partition coefficient (Wildman–Crippen LogP) is 4.40. The second-order valence-electron chi connectivity index (χ2n) is 5.67. The summed E-state index contributed by atoms with van der Waals surface area (Å²) in [5, 5.41) is 12.2. The van der Waals surface area contributed by atoms with Crippen LogP contribution < -0.4 is 5.32 Å². The van der Waals surface area contributed by atoms with Gasteiger partial charge in [0, 0.05) is 16.3 Å². The zero-order valence-electron chi connectivity index (χ0n) is 13.9. The first-order valence-electron chi connectivity index (χ1n) is 7.58. The van der Waals surface area contributed by atoms with Crippen molar-refractivity contribution in [1.82, 2.24) is 14.9 Å². The van der Waals surface area contributed by atoms with Gasteiger partial charge in [-0.25, -0.2) is 0 Å². The van der Waals surface area contributed by atoms with E-state index >= 15 is 0 Å². The first kappa shape index (κ1) is 17.5. The molecule has 8 heteroatoms. The summed E-state index contributed by atoms with van der Waals surface area (Å²) < 4.78 is 6.95. The quantitative estimate of drug-likeness (QED) is 0.729. The van der Waals surface area contributed by atoms with Crippen LogP contribution in [0.5, 0.6) is 0 Å². The van der Waals surface area contributed by atoms with Crippen LogP contribution in [0.2, 0.25) is 10.0 Å². The van der Waals surface area contributed by atoms with Crippen molar-refractivity contribution in [3.8, 4) is 0 Å². The highest BCUT2D eigenvalue weighted by molar-refractivity contribution is 6.31. The number of nitrogens with one attached hydrogen (secondary N) is 1. The molecule has 0 atom stereocenters. The lowest BCUT2D eigenvalue weighted by Crippen LogP contribution is -2.16. The molecular formula is C17H16Cl2N4O2. The molecule has 1 N–H and O–H groups in total. The van der Waals surface area contributed by atoms with Crippen molar-refractivity contribution in [3.63, 3.8) is 0 Å². The van der Waals surface area contributed by atoms with Gasteiger partial charge in [0.15, 0.2) is 5.69 Å². The van der Waals surface area contributed by atoms with E-state index in [1.54, 1.807) is 35.9 Å². The summed E-state index contributed by atoms with van der Waals surface area (Å²) in [6.07, 6.45) is 0. The molecule has 0 saturated carbocycles. The van der Waals surface area contributed by atoms with Gasteiger partial charge in [-0.15, -0.1) is 0 Å². The highest BCUT2D eigenvalue weighted by atomic mass is 35.5. The molecule has 1 amide bonds. The van der Waals surface area contributed by atoms with Crippen LogP contribution in [0.15, 0.2) is 28.8 Å². The Balaban J connectivity index is 1.88. The third-order valence-corrected chi connectivity index (χ3v) is 4.67. The van der Waals surface area contributed by atoms with Gasteiger partial charge in [-0.05, 0) is 39.0 Å². The molecule has 0 radical (unpaired) electrons. The Morgan fingerprint density at radius 3 is 2.68 bits per heavy atom. The molecular weight excluding hydrogens is 363 g/mol. The highest BCUT2D eigenvalue weighted by Gasteiger charge is 2.22. The van der Waals surface area contributed by atoms with Crippen LogP contribution in [0.4, 0.5) is 5.69 Å². The number of carbonyl (C=O) groups excluding carboxylic acids is 1. The van der Waals surface area contributed by atoms with Crippen LogP contribution in [0.1, 0.15) is 33.2 Å². The van der Waals surface area contributed by atoms with Crippen molar-refractivity contribution in [2.75, 3.05) is 5.32 Å². The molecule has 3 aromatic rings. The Morgan fingerprint density at radius 1 is 1.28 bits per heavy atom. The molecule has 0 saturated heterocycles. The number of aryl methyl sites for hydroxylation is 2. The first-order valence-corrected chi connectivity index (χ1v) is 8.34. The van der Waals surface area contributed by atoms with Crippen molar-refractivity contribution < 1.29 is 9.32 Å². The lowest BCUT2D eigenvalue weighted by molar-refractivity contribution is 0.101. The van der Waals surface area contributed by atoms with E-state index < -0.39 is 0 Å². The maximum Gasteiger partial charge on any atom is 0.278 e. The first-order chi connectivity index (χ1) is 11.9. The largest absolute Gasteiger partial charge is 0.361 e. The molecule has 130 valence electrons. The van der Waals surface area contributed by atoms with Gasteiger partial charge >= 0.3 is 0 Å². The molecule has 0 unspecified atom stereocenters. The zero-order chi connectivity index (χ0) is 18.1. The van der Waals surface area contributed by atoms with E-state index in [2.05, 4.69) is 15.6 Å². The number of rotatable bonds is 4. The number of halogens is 2. The lowest BCUT2D eigenvalue weighted by atomic mass is 10.1. The van der Waals surface area contributed by atoms with Crippen molar-refractivity contribution in [2.24, 2.45) is 0 Å². The third kappa shape index (κ3) is 3.55. The fraction of sp³-hybridized carbons (Fsp3) is 0.235. The summed E-state index contributed by atoms with van der Waals surface area (Å²) >= 11 is 12.1. The maximum absolute atomic E-state index is 12.6. The Hall–Kier alpha value is -2.31. The van der Waals surface area contributed by atoms with Crippen LogP contribution in [-0.4, -0.2) is 20.8 Å². The van der Waals surface area contributed by atoms with E-state index in [-0.39, 0.29) is 11.6 Å². The van der Waals surface area contributed by atoms with E-state index in [0.717, 1.165) is 11.4 Å². The van der Waals surface area contributed by atoms with Crippen LogP contribution in [0, 0.1) is 20.8 Å². The summed E-state index contributed by atoms with van der Waals surface area (Å²) in [7, 11) is 0. The molecule has 0 fully saturated rings. The third-order valence-electron chi connectivity index (χ3n) is 3.88. The fourth-order valence-electron chi connectivity index (χ4n) is 2.49. The van der Waals surface area contributed by atoms with Gasteiger partial charge in [0.05, 0.1) is 23.0 Å². The fourth-order valence-corrected chi connectivity index (χ4v) is 2.82. The molecule has 1 aromatic carbocycles. The van der Waals surface area contributed by atoms with E-state index in [9.17, 15) is 4.79 Å². The minimum absolute atomic E-state index is 0.209. The maximum atomic E-state index is 12.6. The summed E-state index contributed by atoms with van der Waals surface area (Å²) in [5.74, 6) is 0.182. The number of benzene rings is 1. The number of hydrogen-bond donors (Lipinski definition) is 1. The summed E-state index contributed by atoms with van der Waals surface area (Å²) in [4.78, 5) is 12.6. The molecule has 0 spiro atoms. The molecule has 6 nitrogen and oxygen atoms in total. The Kier molecular flexibility index (Phi) is 4.83. The number of hydrogen-bond acceptors (Lipinski definition) is 4. The zero-order valence-corrected chi connectivity index (χ0v) is 15.4. The Labute approximate surface area is 154 Å². The molecule has 0 aliphatic rings. The van der Waals surface area contributed by atoms with E-state index in [1.807, 2.05) is 13.8 Å². The topological polar surface area (TPSA) is 73.0 Å². The Bertz CT molecular complexity index is 946. The number of aromatic nitrogens is 3. The molecule has 3 rings (SSSR count). The van der Waals surface area contributed by atoms with Gasteiger partial charge < -0.3 is 9.84 Å². The van der Waals surface area contributed by atoms with Crippen LogP contribution in [-0.2, 0) is 6.54 Å². The lowest BCUT2D eigenvalue weighted by Gasteiger charge is -2.07. The smallest absolute Gasteiger partial charge is 0.278 e. The minimum atomic E-state index is -0.373. The number of anilines is 1. The SMILES string of the molecule is Cc1nn(Cc2c(C(=O)Nc3cccc(Cl)c3)noc2C)c(C)c1Cl. The minimum Gasteiger partial charge on any atom is -0.361 e. The molecule has 0 aliphatic heterocycles. The van der Waals surface area contributed by atoms with Crippen LogP contribution >= 0.6 is 23.2 Å². The summed E-state index contributed by atoms with van der Waals surface area (Å²) in [5.41, 5.74) is 3.00. The predicted molar refractivity (Wildman–Crippen MR) is 96.5 cm³/mol. The van der Waals surface area contributed by atoms with Crippen molar-refractivity contribution in [1.29, 1.82) is 0 Å². The van der Waals surface area contributed by atoms with Gasteiger partial charge in [0.25, 0.3) is 5.91 Å². The van der Waals surface area contributed by atoms with Crippen LogP contribution in [0.3, 0.4) is 0 Å². The van der Waals surface area contributed by atoms with E-state index in [0.29, 0.717) is 33.6 Å². The average molecular weight is 379 g/mol. The number of nitrogens with zero attached hydrogens (tertiary/aromatic N) is 3. The molecule has 2 heterocycles. The molecule has 2 aromatic heterocycles. The summed E-state index contributed by atoms with van der Waals surface area (Å²) in [6, 6.07) is 6.89. The van der Waals surface area contributed by atoms with Crippen molar-refractivity contribution in [2.45, 2.75) is 27.3 Å². The molecule has 0 aliphatic carbocycles. The molecule has 0 bridgehead atoms. The van der Waals surface area contributed by atoms with Gasteiger partial charge in [0.1, 0.15) is 5.76 Å². The second-order valence-corrected chi connectivity index (χ2v) is 6.49. The van der Waals surface area contributed by atoms with Crippen molar-refractivity contribution in [3.05, 3.63) is 62.7 Å². The van der Waals surface area contributed by atoms with Gasteiger partial charge in [-0.2, -0.15) is 5.10 Å². The average Bonchev–Trinajstić information content (AvgIpc) is 3.04. The standard InChI is InChI=1S/C17H16Cl2N4O2/c1-9-15(19)10(2)23(21-9)8-14-11(3)25-22-16(14)17(24)20-13-6-4-5-12(18)7-13/h4-7H,8H2,1-3H3,(H,20,24). The van der Waals surface area contributed by atoms with Crippen molar-refractivity contribution >= 4 is 34.8 Å². The van der Waals surface area contributed by atoms with E-state index in [4.69, 9.17) is 27.7 Å². The van der Waals surface area contributed by atoms with E-state index in [1.165, 1.54) is 0 Å². The number of amides is 1. The van der Waals surface area contributed by atoms with Gasteiger partial charge in [0.2, 0.25) is 0 Å². The summed E-state index contributed by atoms with van der Waals surface area (Å²) in [6.45, 7) is 5.80. The monoisotopic (exact) mass is 378 g/mol. The highest BCUT2D eigenvalue weighted by Crippen LogP contribution is 2.23. The van der Waals surface area contributed by atoms with Gasteiger partial charge in [-0.3, -0.25) is 9.48 Å².